The lowest BCUT2D eigenvalue weighted by atomic mass is 10.2. The molecule has 5 heteroatoms. The molecule has 0 spiro atoms. The zero-order valence-electron chi connectivity index (χ0n) is 8.88. The lowest BCUT2D eigenvalue weighted by Crippen LogP contribution is -2.43. The van der Waals surface area contributed by atoms with Gasteiger partial charge in [0.2, 0.25) is 0 Å². The van der Waals surface area contributed by atoms with Crippen molar-refractivity contribution in [2.24, 2.45) is 0 Å². The molecule has 0 aliphatic carbocycles. The largest absolute Gasteiger partial charge is 0.314 e. The molecule has 1 heterocycles. The maximum Gasteiger partial charge on any atom is 0.128 e. The highest BCUT2D eigenvalue weighted by molar-refractivity contribution is 9.10. The first kappa shape index (κ1) is 13.9. The van der Waals surface area contributed by atoms with Crippen LogP contribution < -0.4 is 5.32 Å². The molecule has 1 aromatic rings. The zero-order valence-corrected chi connectivity index (χ0v) is 11.3. The summed E-state index contributed by atoms with van der Waals surface area (Å²) in [7, 11) is 0. The van der Waals surface area contributed by atoms with Crippen LogP contribution in [-0.2, 0) is 6.54 Å². The van der Waals surface area contributed by atoms with Crippen LogP contribution in [0.25, 0.3) is 0 Å². The van der Waals surface area contributed by atoms with Crippen LogP contribution >= 0.6 is 28.3 Å². The second-order valence-electron chi connectivity index (χ2n) is 3.73. The Labute approximate surface area is 110 Å². The number of benzene rings is 1. The monoisotopic (exact) mass is 308 g/mol. The SMILES string of the molecule is Cl.Fc1cccc(Br)c1CN1CCNCC1. The van der Waals surface area contributed by atoms with Crippen molar-refractivity contribution in [1.82, 2.24) is 10.2 Å². The van der Waals surface area contributed by atoms with Crippen molar-refractivity contribution in [2.75, 3.05) is 26.2 Å². The summed E-state index contributed by atoms with van der Waals surface area (Å²) in [6.45, 7) is 4.65. The molecule has 1 fully saturated rings. The van der Waals surface area contributed by atoms with E-state index >= 15 is 0 Å². The molecule has 16 heavy (non-hydrogen) atoms. The first-order valence-corrected chi connectivity index (χ1v) is 5.92. The average molecular weight is 310 g/mol. The van der Waals surface area contributed by atoms with Crippen molar-refractivity contribution in [3.63, 3.8) is 0 Å². The van der Waals surface area contributed by atoms with Crippen molar-refractivity contribution in [1.29, 1.82) is 0 Å². The third-order valence-electron chi connectivity index (χ3n) is 2.65. The lowest BCUT2D eigenvalue weighted by Gasteiger charge is -2.27. The van der Waals surface area contributed by atoms with Crippen LogP contribution in [0.15, 0.2) is 22.7 Å². The minimum atomic E-state index is -0.122. The fourth-order valence-corrected chi connectivity index (χ4v) is 2.24. The molecule has 1 aliphatic rings. The molecule has 0 saturated carbocycles. The number of hydrogen-bond donors (Lipinski definition) is 1. The van der Waals surface area contributed by atoms with Crippen molar-refractivity contribution in [2.45, 2.75) is 6.54 Å². The summed E-state index contributed by atoms with van der Waals surface area (Å²) in [6.07, 6.45) is 0. The van der Waals surface area contributed by atoms with E-state index in [4.69, 9.17) is 0 Å². The van der Waals surface area contributed by atoms with E-state index in [2.05, 4.69) is 26.1 Å². The van der Waals surface area contributed by atoms with Crippen molar-refractivity contribution >= 4 is 28.3 Å². The third kappa shape index (κ3) is 3.42. The van der Waals surface area contributed by atoms with Gasteiger partial charge < -0.3 is 5.32 Å². The minimum absolute atomic E-state index is 0. The van der Waals surface area contributed by atoms with E-state index in [1.165, 1.54) is 6.07 Å². The van der Waals surface area contributed by atoms with Gasteiger partial charge >= 0.3 is 0 Å². The summed E-state index contributed by atoms with van der Waals surface area (Å²) < 4.78 is 14.4. The molecular weight excluding hydrogens is 294 g/mol. The molecule has 0 atom stereocenters. The standard InChI is InChI=1S/C11H14BrFN2.ClH/c12-10-2-1-3-11(13)9(10)8-15-6-4-14-5-7-15;/h1-3,14H,4-8H2;1H. The number of nitrogens with zero attached hydrogens (tertiary/aromatic N) is 1. The highest BCUT2D eigenvalue weighted by atomic mass is 79.9. The molecule has 0 bridgehead atoms. The second-order valence-corrected chi connectivity index (χ2v) is 4.58. The van der Waals surface area contributed by atoms with Gasteiger partial charge in [-0.1, -0.05) is 22.0 Å². The molecule has 1 aliphatic heterocycles. The Morgan fingerprint density at radius 1 is 1.31 bits per heavy atom. The van der Waals surface area contributed by atoms with Gasteiger partial charge in [-0.2, -0.15) is 0 Å². The molecule has 90 valence electrons. The maximum atomic E-state index is 13.5. The van der Waals surface area contributed by atoms with Gasteiger partial charge in [0.05, 0.1) is 0 Å². The molecule has 0 unspecified atom stereocenters. The molecule has 0 aromatic heterocycles. The topological polar surface area (TPSA) is 15.3 Å². The van der Waals surface area contributed by atoms with Gasteiger partial charge in [-0.25, -0.2) is 4.39 Å². The molecule has 2 rings (SSSR count). The molecule has 1 aromatic carbocycles. The molecule has 1 N–H and O–H groups in total. The van der Waals surface area contributed by atoms with Crippen LogP contribution in [0.3, 0.4) is 0 Å². The van der Waals surface area contributed by atoms with Gasteiger partial charge in [-0.15, -0.1) is 12.4 Å². The summed E-state index contributed by atoms with van der Waals surface area (Å²) in [5, 5.41) is 3.28. The molecule has 1 saturated heterocycles. The Bertz CT molecular complexity index is 323. The highest BCUT2D eigenvalue weighted by Gasteiger charge is 2.14. The quantitative estimate of drug-likeness (QED) is 0.902. The van der Waals surface area contributed by atoms with Crippen molar-refractivity contribution in [3.05, 3.63) is 34.1 Å². The minimum Gasteiger partial charge on any atom is -0.314 e. The van der Waals surface area contributed by atoms with Crippen LogP contribution in [0, 0.1) is 5.82 Å². The predicted octanol–water partition coefficient (Wildman–Crippen LogP) is 2.42. The number of rotatable bonds is 2. The number of halogens is 3. The Balaban J connectivity index is 0.00000128. The van der Waals surface area contributed by atoms with E-state index in [1.54, 1.807) is 6.07 Å². The van der Waals surface area contributed by atoms with Crippen LogP contribution in [0.1, 0.15) is 5.56 Å². The predicted molar refractivity (Wildman–Crippen MR) is 69.5 cm³/mol. The maximum absolute atomic E-state index is 13.5. The normalized spacial score (nSPS) is 16.9. The number of hydrogen-bond acceptors (Lipinski definition) is 2. The van der Waals surface area contributed by atoms with Gasteiger partial charge in [-0.3, -0.25) is 4.90 Å². The van der Waals surface area contributed by atoms with E-state index in [0.29, 0.717) is 6.54 Å². The summed E-state index contributed by atoms with van der Waals surface area (Å²) in [5.74, 6) is -0.122. The molecule has 2 nitrogen and oxygen atoms in total. The lowest BCUT2D eigenvalue weighted by molar-refractivity contribution is 0.230. The Morgan fingerprint density at radius 3 is 2.62 bits per heavy atom. The summed E-state index contributed by atoms with van der Waals surface area (Å²) >= 11 is 3.39. The van der Waals surface area contributed by atoms with Gasteiger partial charge in [-0.05, 0) is 12.1 Å². The number of nitrogens with one attached hydrogen (secondary N) is 1. The van der Waals surface area contributed by atoms with E-state index in [-0.39, 0.29) is 18.2 Å². The first-order chi connectivity index (χ1) is 7.27. The molecular formula is C11H15BrClFN2. The second kappa shape index (κ2) is 6.55. The fourth-order valence-electron chi connectivity index (χ4n) is 1.78. The average Bonchev–Trinajstić information content (AvgIpc) is 2.25. The third-order valence-corrected chi connectivity index (χ3v) is 3.40. The van der Waals surface area contributed by atoms with Crippen molar-refractivity contribution < 1.29 is 4.39 Å². The van der Waals surface area contributed by atoms with Crippen LogP contribution in [0.5, 0.6) is 0 Å². The Kier molecular flexibility index (Phi) is 5.69. The van der Waals surface area contributed by atoms with Crippen LogP contribution in [0.4, 0.5) is 4.39 Å². The fraction of sp³-hybridized carbons (Fsp3) is 0.455. The van der Waals surface area contributed by atoms with Crippen LogP contribution in [0.2, 0.25) is 0 Å². The zero-order chi connectivity index (χ0) is 10.7. The smallest absolute Gasteiger partial charge is 0.128 e. The summed E-state index contributed by atoms with van der Waals surface area (Å²) in [5.41, 5.74) is 0.763. The Morgan fingerprint density at radius 2 is 2.00 bits per heavy atom. The van der Waals surface area contributed by atoms with Crippen LogP contribution in [-0.4, -0.2) is 31.1 Å². The summed E-state index contributed by atoms with van der Waals surface area (Å²) in [6, 6.07) is 5.13. The van der Waals surface area contributed by atoms with Gasteiger partial charge in [0.25, 0.3) is 0 Å². The Hall–Kier alpha value is -0.160. The van der Waals surface area contributed by atoms with E-state index in [0.717, 1.165) is 36.2 Å². The highest BCUT2D eigenvalue weighted by Crippen LogP contribution is 2.21. The van der Waals surface area contributed by atoms with Gasteiger partial charge in [0, 0.05) is 42.8 Å². The van der Waals surface area contributed by atoms with Crippen molar-refractivity contribution in [3.8, 4) is 0 Å². The summed E-state index contributed by atoms with van der Waals surface area (Å²) in [4.78, 5) is 2.26. The molecule has 0 radical (unpaired) electrons. The number of piperazine rings is 1. The van der Waals surface area contributed by atoms with E-state index in [9.17, 15) is 4.39 Å². The van der Waals surface area contributed by atoms with Gasteiger partial charge in [0.1, 0.15) is 5.82 Å². The van der Waals surface area contributed by atoms with Gasteiger partial charge in [0.15, 0.2) is 0 Å². The van der Waals surface area contributed by atoms with E-state index < -0.39 is 0 Å². The first-order valence-electron chi connectivity index (χ1n) is 5.13. The van der Waals surface area contributed by atoms with E-state index in [1.807, 2.05) is 6.07 Å². The molecule has 0 amide bonds.